The molecule has 0 heterocycles. The second-order valence-electron chi connectivity index (χ2n) is 3.96. The zero-order chi connectivity index (χ0) is 10.8. The van der Waals surface area contributed by atoms with Gasteiger partial charge in [-0.1, -0.05) is 0 Å². The summed E-state index contributed by atoms with van der Waals surface area (Å²) in [6.07, 6.45) is 2.81. The van der Waals surface area contributed by atoms with Gasteiger partial charge in [0.25, 0.3) is 0 Å². The van der Waals surface area contributed by atoms with Crippen molar-refractivity contribution in [1.82, 2.24) is 9.80 Å². The van der Waals surface area contributed by atoms with Crippen molar-refractivity contribution in [2.24, 2.45) is 0 Å². The standard InChI is InChI=1S/C10H24N2Se2/c1-11(2)7-5-9-13-14-10-6-8-12(3)4/h5-10H2,1-4H3. The van der Waals surface area contributed by atoms with Gasteiger partial charge >= 0.3 is 101 Å². The molecule has 0 aliphatic heterocycles. The Morgan fingerprint density at radius 2 is 1.07 bits per heavy atom. The Morgan fingerprint density at radius 3 is 1.36 bits per heavy atom. The van der Waals surface area contributed by atoms with Crippen LogP contribution in [0.4, 0.5) is 0 Å². The minimum atomic E-state index is 0.968. The first-order valence-corrected chi connectivity index (χ1v) is 11.9. The van der Waals surface area contributed by atoms with Crippen LogP contribution in [0.2, 0.25) is 10.6 Å². The Morgan fingerprint density at radius 1 is 0.714 bits per heavy atom. The van der Waals surface area contributed by atoms with Gasteiger partial charge in [0.2, 0.25) is 0 Å². The molecule has 0 aliphatic rings. The summed E-state index contributed by atoms with van der Waals surface area (Å²) in [6, 6.07) is 0. The fourth-order valence-corrected chi connectivity index (χ4v) is 7.67. The Kier molecular flexibility index (Phi) is 11.2. The first kappa shape index (κ1) is 15.0. The van der Waals surface area contributed by atoms with E-state index in [4.69, 9.17) is 0 Å². The van der Waals surface area contributed by atoms with Crippen molar-refractivity contribution in [3.8, 4) is 0 Å². The van der Waals surface area contributed by atoms with Crippen LogP contribution in [0.1, 0.15) is 12.8 Å². The van der Waals surface area contributed by atoms with Gasteiger partial charge in [0, 0.05) is 0 Å². The molecule has 0 rings (SSSR count). The third-order valence-electron chi connectivity index (χ3n) is 1.75. The molecule has 0 aliphatic carbocycles. The Balaban J connectivity index is 2.92. The van der Waals surface area contributed by atoms with Crippen molar-refractivity contribution >= 4 is 26.3 Å². The Bertz CT molecular complexity index is 105. The second-order valence-corrected chi connectivity index (χ2v) is 11.8. The molecule has 2 nitrogen and oxygen atoms in total. The van der Waals surface area contributed by atoms with E-state index in [0.717, 1.165) is 26.3 Å². The summed E-state index contributed by atoms with van der Waals surface area (Å²) in [7, 11) is 8.65. The number of nitrogens with zero attached hydrogens (tertiary/aromatic N) is 2. The van der Waals surface area contributed by atoms with Gasteiger partial charge in [-0.05, 0) is 0 Å². The average Bonchev–Trinajstić information content (AvgIpc) is 2.08. The monoisotopic (exact) mass is 332 g/mol. The van der Waals surface area contributed by atoms with Gasteiger partial charge in [0.05, 0.1) is 0 Å². The van der Waals surface area contributed by atoms with Crippen LogP contribution in [0.25, 0.3) is 0 Å². The van der Waals surface area contributed by atoms with Gasteiger partial charge in [0.1, 0.15) is 0 Å². The predicted molar refractivity (Wildman–Crippen MR) is 67.5 cm³/mol. The van der Waals surface area contributed by atoms with Crippen molar-refractivity contribution in [2.45, 2.75) is 23.5 Å². The third kappa shape index (κ3) is 13.0. The number of rotatable bonds is 9. The van der Waals surface area contributed by atoms with E-state index in [-0.39, 0.29) is 0 Å². The Labute approximate surface area is 101 Å². The van der Waals surface area contributed by atoms with Crippen LogP contribution >= 0.6 is 0 Å². The van der Waals surface area contributed by atoms with E-state index in [1.54, 1.807) is 0 Å². The van der Waals surface area contributed by atoms with E-state index in [0.29, 0.717) is 0 Å². The van der Waals surface area contributed by atoms with E-state index >= 15 is 0 Å². The van der Waals surface area contributed by atoms with Gasteiger partial charge < -0.3 is 0 Å². The summed E-state index contributed by atoms with van der Waals surface area (Å²) in [5.41, 5.74) is 0. The summed E-state index contributed by atoms with van der Waals surface area (Å²) in [6.45, 7) is 2.55. The molecule has 0 amide bonds. The molecule has 0 spiro atoms. The van der Waals surface area contributed by atoms with Crippen molar-refractivity contribution in [2.75, 3.05) is 41.3 Å². The van der Waals surface area contributed by atoms with E-state index in [1.807, 2.05) is 0 Å². The quantitative estimate of drug-likeness (QED) is 0.461. The number of hydrogen-bond donors (Lipinski definition) is 0. The molecule has 4 heteroatoms. The molecule has 0 saturated carbocycles. The fourth-order valence-electron chi connectivity index (χ4n) is 0.997. The van der Waals surface area contributed by atoms with E-state index in [2.05, 4.69) is 38.0 Å². The predicted octanol–water partition coefficient (Wildman–Crippen LogP) is 1.05. The van der Waals surface area contributed by atoms with Crippen LogP contribution in [0, 0.1) is 0 Å². The zero-order valence-electron chi connectivity index (χ0n) is 9.95. The summed E-state index contributed by atoms with van der Waals surface area (Å²) in [4.78, 5) is 4.57. The zero-order valence-corrected chi connectivity index (χ0v) is 13.4. The van der Waals surface area contributed by atoms with Crippen molar-refractivity contribution in [3.63, 3.8) is 0 Å². The summed E-state index contributed by atoms with van der Waals surface area (Å²) in [5, 5.41) is 2.99. The maximum absolute atomic E-state index is 2.29. The van der Waals surface area contributed by atoms with Crippen LogP contribution in [0.15, 0.2) is 0 Å². The first-order valence-electron chi connectivity index (χ1n) is 5.17. The third-order valence-corrected chi connectivity index (χ3v) is 9.46. The molecule has 0 N–H and O–H groups in total. The topological polar surface area (TPSA) is 6.48 Å². The minimum absolute atomic E-state index is 0.968. The molecule has 0 aromatic rings. The van der Waals surface area contributed by atoms with Crippen LogP contribution in [0.5, 0.6) is 0 Å². The maximum atomic E-state index is 2.29. The number of hydrogen-bond acceptors (Lipinski definition) is 2. The van der Waals surface area contributed by atoms with Crippen molar-refractivity contribution in [3.05, 3.63) is 0 Å². The van der Waals surface area contributed by atoms with Crippen LogP contribution in [-0.2, 0) is 0 Å². The molecule has 0 aromatic heterocycles. The molecule has 0 atom stereocenters. The average molecular weight is 330 g/mol. The van der Waals surface area contributed by atoms with Gasteiger partial charge in [0.15, 0.2) is 0 Å². The molecule has 14 heavy (non-hydrogen) atoms. The summed E-state index contributed by atoms with van der Waals surface area (Å²) >= 11 is 1.94. The van der Waals surface area contributed by atoms with Gasteiger partial charge in [-0.3, -0.25) is 0 Å². The Hall–Kier alpha value is 0.959. The molecular formula is C10H24N2Se2. The molecule has 0 bridgehead atoms. The molecule has 0 fully saturated rings. The van der Waals surface area contributed by atoms with E-state index in [1.165, 1.54) is 36.6 Å². The first-order chi connectivity index (χ1) is 6.63. The van der Waals surface area contributed by atoms with Gasteiger partial charge in [-0.25, -0.2) is 0 Å². The molecule has 0 saturated heterocycles. The molecular weight excluding hydrogens is 306 g/mol. The molecule has 0 unspecified atom stereocenters. The van der Waals surface area contributed by atoms with Gasteiger partial charge in [-0.2, -0.15) is 0 Å². The molecule has 86 valence electrons. The molecule has 0 aromatic carbocycles. The van der Waals surface area contributed by atoms with Crippen LogP contribution in [-0.4, -0.2) is 77.3 Å². The molecule has 0 radical (unpaired) electrons. The summed E-state index contributed by atoms with van der Waals surface area (Å²) < 4.78 is 0. The van der Waals surface area contributed by atoms with E-state index in [9.17, 15) is 0 Å². The van der Waals surface area contributed by atoms with Crippen molar-refractivity contribution in [1.29, 1.82) is 0 Å². The van der Waals surface area contributed by atoms with Crippen molar-refractivity contribution < 1.29 is 0 Å². The SMILES string of the molecule is CN(C)CCC[Se][Se]CCCN(C)C. The second kappa shape index (κ2) is 10.5. The van der Waals surface area contributed by atoms with Crippen LogP contribution in [0.3, 0.4) is 0 Å². The normalized spacial score (nSPS) is 11.6. The fraction of sp³-hybridized carbons (Fsp3) is 1.00. The van der Waals surface area contributed by atoms with E-state index < -0.39 is 0 Å². The van der Waals surface area contributed by atoms with Gasteiger partial charge in [-0.15, -0.1) is 0 Å². The summed E-state index contributed by atoms with van der Waals surface area (Å²) in [5.74, 6) is 0. The van der Waals surface area contributed by atoms with Crippen LogP contribution < -0.4 is 0 Å².